The van der Waals surface area contributed by atoms with E-state index in [0.29, 0.717) is 35.4 Å². The van der Waals surface area contributed by atoms with Crippen molar-refractivity contribution in [2.45, 2.75) is 24.7 Å². The van der Waals surface area contributed by atoms with Crippen molar-refractivity contribution in [3.05, 3.63) is 64.1 Å². The Bertz CT molecular complexity index is 1100. The van der Waals surface area contributed by atoms with Crippen LogP contribution in [-0.4, -0.2) is 47.8 Å². The molecule has 0 spiro atoms. The van der Waals surface area contributed by atoms with Gasteiger partial charge in [0.05, 0.1) is 27.1 Å². The van der Waals surface area contributed by atoms with Crippen molar-refractivity contribution in [1.29, 1.82) is 0 Å². The highest BCUT2D eigenvalue weighted by atomic mass is 32.2. The van der Waals surface area contributed by atoms with Crippen molar-refractivity contribution < 1.29 is 19.0 Å². The number of benzene rings is 2. The Balaban J connectivity index is 1.57. The number of ether oxygens (including phenoxy) is 3. The minimum atomic E-state index is -0.293. The molecule has 1 heterocycles. The van der Waals surface area contributed by atoms with Gasteiger partial charge in [0.1, 0.15) is 5.75 Å². The van der Waals surface area contributed by atoms with Gasteiger partial charge in [0.25, 0.3) is 0 Å². The Kier molecular flexibility index (Phi) is 8.20. The Morgan fingerprint density at radius 3 is 2.44 bits per heavy atom. The molecular weight excluding hydrogens is 432 g/mol. The summed E-state index contributed by atoms with van der Waals surface area (Å²) in [4.78, 5) is 24.5. The van der Waals surface area contributed by atoms with Crippen LogP contribution in [0.4, 0.5) is 0 Å². The van der Waals surface area contributed by atoms with Gasteiger partial charge < -0.3 is 19.5 Å². The summed E-state index contributed by atoms with van der Waals surface area (Å²) in [6.45, 7) is 0.733. The van der Waals surface area contributed by atoms with Crippen LogP contribution in [-0.2, 0) is 24.3 Å². The van der Waals surface area contributed by atoms with Crippen LogP contribution in [0.5, 0.6) is 17.2 Å². The number of methoxy groups -OCH3 is 3. The fourth-order valence-corrected chi connectivity index (χ4v) is 3.90. The number of aromatic amines is 1. The zero-order valence-electron chi connectivity index (χ0n) is 18.2. The topological polar surface area (TPSA) is 107 Å². The molecule has 10 heteroatoms. The van der Waals surface area contributed by atoms with E-state index < -0.39 is 0 Å². The lowest BCUT2D eigenvalue weighted by molar-refractivity contribution is -0.118. The van der Waals surface area contributed by atoms with Crippen LogP contribution >= 0.6 is 11.8 Å². The Morgan fingerprint density at radius 2 is 1.75 bits per heavy atom. The quantitative estimate of drug-likeness (QED) is 0.424. The van der Waals surface area contributed by atoms with Crippen LogP contribution in [0.1, 0.15) is 11.1 Å². The molecule has 170 valence electrons. The van der Waals surface area contributed by atoms with Gasteiger partial charge in [-0.2, -0.15) is 0 Å². The molecule has 1 amide bonds. The minimum Gasteiger partial charge on any atom is -0.496 e. The molecule has 3 rings (SSSR count). The van der Waals surface area contributed by atoms with E-state index in [1.165, 1.54) is 11.8 Å². The van der Waals surface area contributed by atoms with E-state index in [1.54, 1.807) is 38.0 Å². The number of carbonyl (C=O) groups is 1. The van der Waals surface area contributed by atoms with Gasteiger partial charge >= 0.3 is 5.69 Å². The number of H-pyrrole nitrogens is 1. The maximum Gasteiger partial charge on any atom is 0.343 e. The summed E-state index contributed by atoms with van der Waals surface area (Å²) < 4.78 is 17.5. The van der Waals surface area contributed by atoms with Crippen molar-refractivity contribution >= 4 is 17.7 Å². The number of carbonyl (C=O) groups excluding carboxylic acids is 1. The summed E-state index contributed by atoms with van der Waals surface area (Å²) >= 11 is 1.20. The van der Waals surface area contributed by atoms with Crippen LogP contribution in [0.15, 0.2) is 52.4 Å². The van der Waals surface area contributed by atoms with E-state index in [0.717, 1.165) is 11.1 Å². The number of amides is 1. The Labute approximate surface area is 190 Å². The van der Waals surface area contributed by atoms with Gasteiger partial charge in [0.2, 0.25) is 5.91 Å². The first kappa shape index (κ1) is 23.3. The fourth-order valence-electron chi connectivity index (χ4n) is 3.10. The third-order valence-corrected chi connectivity index (χ3v) is 5.76. The Morgan fingerprint density at radius 1 is 1.06 bits per heavy atom. The number of nitrogens with zero attached hydrogens (tertiary/aromatic N) is 2. The fraction of sp³-hybridized carbons (Fsp3) is 0.318. The first-order valence-corrected chi connectivity index (χ1v) is 10.9. The summed E-state index contributed by atoms with van der Waals surface area (Å²) in [7, 11) is 4.64. The molecule has 0 bridgehead atoms. The molecule has 3 aromatic rings. The summed E-state index contributed by atoms with van der Waals surface area (Å²) in [6, 6.07) is 13.4. The number of hydrogen-bond acceptors (Lipinski definition) is 7. The van der Waals surface area contributed by atoms with Crippen molar-refractivity contribution in [2.75, 3.05) is 27.1 Å². The van der Waals surface area contributed by atoms with Gasteiger partial charge in [0.15, 0.2) is 16.7 Å². The predicted molar refractivity (Wildman–Crippen MR) is 122 cm³/mol. The number of hydrogen-bond donors (Lipinski definition) is 2. The molecule has 2 N–H and O–H groups in total. The SMILES string of the molecule is COc1cc(OC)c(OC)cc1CNC(=O)CSc1n[nH]c(=O)n1CCc1ccccc1. The molecule has 0 atom stereocenters. The smallest absolute Gasteiger partial charge is 0.343 e. The third-order valence-electron chi connectivity index (χ3n) is 4.79. The number of thioether (sulfide) groups is 1. The lowest BCUT2D eigenvalue weighted by atomic mass is 10.1. The molecule has 0 aliphatic rings. The predicted octanol–water partition coefficient (Wildman–Crippen LogP) is 2.25. The number of aromatic nitrogens is 3. The third kappa shape index (κ3) is 5.85. The molecule has 9 nitrogen and oxygen atoms in total. The van der Waals surface area contributed by atoms with Crippen LogP contribution in [0, 0.1) is 0 Å². The van der Waals surface area contributed by atoms with Crippen LogP contribution in [0.3, 0.4) is 0 Å². The number of nitrogens with one attached hydrogen (secondary N) is 2. The first-order valence-electron chi connectivity index (χ1n) is 9.93. The minimum absolute atomic E-state index is 0.116. The Hall–Kier alpha value is -3.40. The molecule has 0 saturated heterocycles. The van der Waals surface area contributed by atoms with Crippen LogP contribution < -0.4 is 25.2 Å². The summed E-state index contributed by atoms with van der Waals surface area (Å²) in [5.74, 6) is 1.59. The van der Waals surface area contributed by atoms with Crippen molar-refractivity contribution in [3.8, 4) is 17.2 Å². The molecule has 0 radical (unpaired) electrons. The van der Waals surface area contributed by atoms with E-state index >= 15 is 0 Å². The van der Waals surface area contributed by atoms with E-state index in [9.17, 15) is 9.59 Å². The zero-order valence-corrected chi connectivity index (χ0v) is 19.0. The van der Waals surface area contributed by atoms with E-state index in [-0.39, 0.29) is 23.9 Å². The molecule has 0 fully saturated rings. The van der Waals surface area contributed by atoms with Crippen molar-refractivity contribution in [1.82, 2.24) is 20.1 Å². The largest absolute Gasteiger partial charge is 0.496 e. The molecular formula is C22H26N4O5S. The van der Waals surface area contributed by atoms with Gasteiger partial charge in [-0.15, -0.1) is 5.10 Å². The highest BCUT2D eigenvalue weighted by molar-refractivity contribution is 7.99. The lowest BCUT2D eigenvalue weighted by Gasteiger charge is -2.14. The molecule has 1 aromatic heterocycles. The second-order valence-electron chi connectivity index (χ2n) is 6.78. The van der Waals surface area contributed by atoms with Gasteiger partial charge in [0, 0.05) is 24.7 Å². The summed E-state index contributed by atoms with van der Waals surface area (Å²) in [5.41, 5.74) is 1.58. The standard InChI is InChI=1S/C22H26N4O5S/c1-29-17-12-19(31-3)18(30-2)11-16(17)13-23-20(27)14-32-22-25-24-21(28)26(22)10-9-15-7-5-4-6-8-15/h4-8,11-12H,9-10,13-14H2,1-3H3,(H,23,27)(H,24,28). The zero-order chi connectivity index (χ0) is 22.9. The van der Waals surface area contributed by atoms with Gasteiger partial charge in [-0.3, -0.25) is 9.36 Å². The lowest BCUT2D eigenvalue weighted by Crippen LogP contribution is -2.25. The highest BCUT2D eigenvalue weighted by Crippen LogP contribution is 2.34. The highest BCUT2D eigenvalue weighted by Gasteiger charge is 2.14. The van der Waals surface area contributed by atoms with E-state index in [4.69, 9.17) is 14.2 Å². The maximum atomic E-state index is 12.4. The van der Waals surface area contributed by atoms with Crippen molar-refractivity contribution in [2.24, 2.45) is 0 Å². The van der Waals surface area contributed by atoms with Crippen molar-refractivity contribution in [3.63, 3.8) is 0 Å². The van der Waals surface area contributed by atoms with Crippen LogP contribution in [0.2, 0.25) is 0 Å². The second-order valence-corrected chi connectivity index (χ2v) is 7.73. The average molecular weight is 459 g/mol. The molecule has 0 saturated carbocycles. The summed E-state index contributed by atoms with van der Waals surface area (Å²) in [5, 5.41) is 9.83. The molecule has 0 aliphatic carbocycles. The molecule has 0 aliphatic heterocycles. The van der Waals surface area contributed by atoms with E-state index in [1.807, 2.05) is 30.3 Å². The molecule has 32 heavy (non-hydrogen) atoms. The maximum absolute atomic E-state index is 12.4. The normalized spacial score (nSPS) is 10.6. The average Bonchev–Trinajstić information content (AvgIpc) is 3.19. The van der Waals surface area contributed by atoms with Crippen LogP contribution in [0.25, 0.3) is 0 Å². The summed E-state index contributed by atoms with van der Waals surface area (Å²) in [6.07, 6.45) is 0.694. The number of aryl methyl sites for hydroxylation is 1. The molecule has 0 unspecified atom stereocenters. The van der Waals surface area contributed by atoms with E-state index in [2.05, 4.69) is 15.5 Å². The molecule has 2 aromatic carbocycles. The van der Waals surface area contributed by atoms with Gasteiger partial charge in [-0.25, -0.2) is 9.89 Å². The van der Waals surface area contributed by atoms with Gasteiger partial charge in [-0.05, 0) is 18.1 Å². The number of rotatable bonds is 11. The first-order chi connectivity index (χ1) is 15.5. The monoisotopic (exact) mass is 458 g/mol. The second kappa shape index (κ2) is 11.3. The van der Waals surface area contributed by atoms with Gasteiger partial charge in [-0.1, -0.05) is 42.1 Å².